The maximum absolute atomic E-state index is 12.7. The fraction of sp³-hybridized carbons (Fsp3) is 0.425. The minimum atomic E-state index is -1.11. The Hall–Kier alpha value is -6.17. The smallest absolute Gasteiger partial charge is 0.306 e. The number of carbonyl (C=O) groups is 4. The third-order valence-electron chi connectivity index (χ3n) is 8.82. The molecule has 0 radical (unpaired) electrons. The topological polar surface area (TPSA) is 228 Å². The third kappa shape index (κ3) is 14.4. The normalized spacial score (nSPS) is 12.1. The van der Waals surface area contributed by atoms with E-state index in [0.29, 0.717) is 70.5 Å². The number of aryl methyl sites for hydroxylation is 1. The number of benzene rings is 3. The van der Waals surface area contributed by atoms with Gasteiger partial charge in [-0.2, -0.15) is 5.11 Å². The lowest BCUT2D eigenvalue weighted by Crippen LogP contribution is -2.33. The van der Waals surface area contributed by atoms with Crippen molar-refractivity contribution in [2.24, 2.45) is 20.5 Å². The number of ether oxygens (including phenoxy) is 2. The van der Waals surface area contributed by atoms with Gasteiger partial charge in [-0.3, -0.25) is 29.3 Å². The summed E-state index contributed by atoms with van der Waals surface area (Å²) in [6.45, 7) is 4.93. The Morgan fingerprint density at radius 2 is 1.69 bits per heavy atom. The number of aliphatic carboxylic acids is 1. The summed E-state index contributed by atoms with van der Waals surface area (Å²) in [6.07, 6.45) is 2.65. The maximum Gasteiger partial charge on any atom is 0.306 e. The molecule has 1 unspecified atom stereocenters. The number of nitro benzene ring substituents is 1. The number of nitro groups is 1. The highest BCUT2D eigenvalue weighted by Crippen LogP contribution is 2.38. The van der Waals surface area contributed by atoms with Crippen molar-refractivity contribution in [3.8, 4) is 5.75 Å². The minimum Gasteiger partial charge on any atom is -0.494 e. The Kier molecular flexibility index (Phi) is 16.7. The quantitative estimate of drug-likeness (QED) is 0.0222. The molecule has 18 heteroatoms. The van der Waals surface area contributed by atoms with Crippen LogP contribution in [-0.4, -0.2) is 71.5 Å². The Bertz CT molecular complexity index is 2150. The number of esters is 1. The lowest BCUT2D eigenvalue weighted by atomic mass is 10.1. The predicted molar refractivity (Wildman–Crippen MR) is 219 cm³/mol. The van der Waals surface area contributed by atoms with E-state index in [0.717, 1.165) is 30.5 Å². The zero-order valence-electron chi connectivity index (χ0n) is 33.7. The number of methoxy groups -OCH3 is 1. The molecule has 1 aromatic heterocycles. The Morgan fingerprint density at radius 3 is 2.38 bits per heavy atom. The number of carbonyl (C=O) groups excluding carboxylic acids is 3. The highest BCUT2D eigenvalue weighted by molar-refractivity contribution is 7.21. The molecule has 0 spiro atoms. The number of nitrogens with zero attached hydrogens (tertiary/aromatic N) is 7. The van der Waals surface area contributed by atoms with Crippen molar-refractivity contribution < 1.29 is 40.1 Å². The summed E-state index contributed by atoms with van der Waals surface area (Å²) in [6, 6.07) is 15.5. The van der Waals surface area contributed by atoms with Gasteiger partial charge < -0.3 is 24.8 Å². The van der Waals surface area contributed by atoms with Crippen LogP contribution in [0.15, 0.2) is 75.1 Å². The Labute approximate surface area is 341 Å². The van der Waals surface area contributed by atoms with E-state index in [2.05, 4.69) is 35.7 Å². The molecule has 1 amide bonds. The van der Waals surface area contributed by atoms with E-state index in [1.807, 2.05) is 38.1 Å². The third-order valence-corrected chi connectivity index (χ3v) is 9.72. The molecule has 0 aliphatic heterocycles. The van der Waals surface area contributed by atoms with E-state index in [9.17, 15) is 29.3 Å². The Morgan fingerprint density at radius 1 is 0.948 bits per heavy atom. The molecule has 1 heterocycles. The average Bonchev–Trinajstić information content (AvgIpc) is 3.64. The summed E-state index contributed by atoms with van der Waals surface area (Å²) in [4.78, 5) is 64.2. The number of anilines is 1. The number of hydrogen-bond acceptors (Lipinski definition) is 15. The number of Topliss-reactive ketones (excluding diaryl/α,β-unsaturated/α-hetero) is 1. The van der Waals surface area contributed by atoms with Gasteiger partial charge in [0.25, 0.3) is 5.69 Å². The number of thiazole rings is 1. The fourth-order valence-electron chi connectivity index (χ4n) is 5.63. The minimum absolute atomic E-state index is 0.00353. The van der Waals surface area contributed by atoms with E-state index in [1.165, 1.54) is 30.6 Å². The molecule has 0 saturated heterocycles. The van der Waals surface area contributed by atoms with Gasteiger partial charge in [0.1, 0.15) is 23.3 Å². The van der Waals surface area contributed by atoms with Gasteiger partial charge >= 0.3 is 11.9 Å². The van der Waals surface area contributed by atoms with E-state index in [-0.39, 0.29) is 50.1 Å². The van der Waals surface area contributed by atoms with Crippen LogP contribution < -0.4 is 15.0 Å². The molecule has 0 aliphatic rings. The van der Waals surface area contributed by atoms with Crippen LogP contribution in [0.3, 0.4) is 0 Å². The first-order valence-electron chi connectivity index (χ1n) is 19.5. The molecule has 0 bridgehead atoms. The first kappa shape index (κ1) is 43.0. The summed E-state index contributed by atoms with van der Waals surface area (Å²) in [5.41, 5.74) is 3.99. The van der Waals surface area contributed by atoms with Gasteiger partial charge in [-0.05, 0) is 75.6 Å². The molecule has 58 heavy (non-hydrogen) atoms. The molecule has 4 aromatic rings. The van der Waals surface area contributed by atoms with E-state index >= 15 is 0 Å². The van der Waals surface area contributed by atoms with Crippen molar-refractivity contribution in [3.05, 3.63) is 70.3 Å². The SMILES string of the molecule is [2H]CC(CNC(=O)CCCCCCC(=O)CCN(CC)c1ccc(N=Nc2cc(C)c(N=Nc3nc4ccc([N+](=O)[O-])cc4s3)cc2OC)cc1)OC(=O)CCC(=O)O. The van der Waals surface area contributed by atoms with E-state index < -0.39 is 23.0 Å². The molecule has 17 nitrogen and oxygen atoms in total. The highest BCUT2D eigenvalue weighted by atomic mass is 32.1. The zero-order chi connectivity index (χ0) is 42.7. The molecule has 0 fully saturated rings. The van der Waals surface area contributed by atoms with Crippen LogP contribution in [0.4, 0.5) is 33.6 Å². The largest absolute Gasteiger partial charge is 0.494 e. The van der Waals surface area contributed by atoms with Crippen LogP contribution in [0.5, 0.6) is 5.75 Å². The summed E-state index contributed by atoms with van der Waals surface area (Å²) < 4.78 is 18.7. The average molecular weight is 818 g/mol. The number of aromatic nitrogens is 1. The molecular formula is C40H48N8O9S. The highest BCUT2D eigenvalue weighted by Gasteiger charge is 2.14. The molecule has 308 valence electrons. The molecule has 3 aromatic carbocycles. The van der Waals surface area contributed by atoms with Crippen molar-refractivity contribution in [3.63, 3.8) is 0 Å². The van der Waals surface area contributed by atoms with Crippen molar-refractivity contribution in [1.29, 1.82) is 0 Å². The second kappa shape index (κ2) is 22.5. The van der Waals surface area contributed by atoms with Crippen molar-refractivity contribution in [1.82, 2.24) is 10.3 Å². The monoisotopic (exact) mass is 817 g/mol. The number of carboxylic acids is 1. The van der Waals surface area contributed by atoms with Gasteiger partial charge in [0.2, 0.25) is 11.0 Å². The summed E-state index contributed by atoms with van der Waals surface area (Å²) in [5.74, 6) is -1.43. The number of hydrogen-bond donors (Lipinski definition) is 2. The van der Waals surface area contributed by atoms with Crippen LogP contribution in [-0.2, 0) is 23.9 Å². The summed E-state index contributed by atoms with van der Waals surface area (Å²) in [7, 11) is 1.52. The first-order valence-corrected chi connectivity index (χ1v) is 19.6. The number of amides is 1. The van der Waals surface area contributed by atoms with Gasteiger partial charge in [-0.15, -0.1) is 15.3 Å². The standard InChI is InChI=1S/C40H48N8O9S/c1-5-47(21-20-31(49)10-8-6-7-9-11-37(50)41-25-27(3)57-39(53)19-18-38(51)52)29-14-12-28(13-15-29)43-45-34-22-26(2)33(24-35(34)56-4)44-46-40-42-32-17-16-30(48(54)55)23-36(32)58-40/h12-17,22-24,27H,5-11,18-21,25H2,1-4H3,(H,41,50)(H,51,52)/i3D. The number of rotatable bonds is 24. The van der Waals surface area contributed by atoms with Crippen LogP contribution in [0, 0.1) is 17.0 Å². The van der Waals surface area contributed by atoms with Crippen molar-refractivity contribution >= 4 is 78.8 Å². The van der Waals surface area contributed by atoms with Crippen LogP contribution >= 0.6 is 11.3 Å². The second-order valence-corrected chi connectivity index (χ2v) is 14.2. The summed E-state index contributed by atoms with van der Waals surface area (Å²) >= 11 is 1.20. The number of fused-ring (bicyclic) bond motifs is 1. The number of unbranched alkanes of at least 4 members (excludes halogenated alkanes) is 3. The number of azo groups is 2. The van der Waals surface area contributed by atoms with Gasteiger partial charge in [-0.1, -0.05) is 24.2 Å². The summed E-state index contributed by atoms with van der Waals surface area (Å²) in [5, 5.41) is 40.2. The molecule has 0 saturated carbocycles. The van der Waals surface area contributed by atoms with Gasteiger partial charge in [-0.25, -0.2) is 4.98 Å². The van der Waals surface area contributed by atoms with Crippen LogP contribution in [0.1, 0.15) is 78.5 Å². The van der Waals surface area contributed by atoms with Crippen molar-refractivity contribution in [2.75, 3.05) is 31.6 Å². The molecule has 1 atom stereocenters. The van der Waals surface area contributed by atoms with E-state index in [4.69, 9.17) is 16.0 Å². The number of nitrogens with one attached hydrogen (secondary N) is 1. The lowest BCUT2D eigenvalue weighted by molar-refractivity contribution is -0.384. The van der Waals surface area contributed by atoms with Crippen LogP contribution in [0.25, 0.3) is 10.2 Å². The first-order chi connectivity index (χ1) is 28.4. The van der Waals surface area contributed by atoms with Crippen LogP contribution in [0.2, 0.25) is 0 Å². The molecular weight excluding hydrogens is 769 g/mol. The molecule has 0 aliphatic carbocycles. The Balaban J connectivity index is 1.18. The van der Waals surface area contributed by atoms with Crippen molar-refractivity contribution in [2.45, 2.75) is 84.6 Å². The predicted octanol–water partition coefficient (Wildman–Crippen LogP) is 9.39. The maximum atomic E-state index is 12.7. The van der Waals surface area contributed by atoms with Gasteiger partial charge in [0.05, 0.1) is 53.0 Å². The number of non-ortho nitro benzene ring substituents is 1. The second-order valence-electron chi connectivity index (χ2n) is 13.2. The lowest BCUT2D eigenvalue weighted by Gasteiger charge is -2.22. The molecule has 4 rings (SSSR count). The number of carboxylic acid groups (broad SMARTS) is 1. The van der Waals surface area contributed by atoms with Gasteiger partial charge in [0, 0.05) is 57.6 Å². The van der Waals surface area contributed by atoms with Gasteiger partial charge in [0.15, 0.2) is 0 Å². The number of ketones is 1. The molecule has 2 N–H and O–H groups in total. The fourth-order valence-corrected chi connectivity index (χ4v) is 6.45. The zero-order valence-corrected chi connectivity index (χ0v) is 33.5. The van der Waals surface area contributed by atoms with E-state index in [1.54, 1.807) is 18.2 Å².